The van der Waals surface area contributed by atoms with Crippen LogP contribution in [0.15, 0.2) is 35.5 Å². The van der Waals surface area contributed by atoms with E-state index >= 15 is 0 Å². The molecule has 3 rings (SSSR count). The van der Waals surface area contributed by atoms with Gasteiger partial charge in [-0.2, -0.15) is 0 Å². The Balaban J connectivity index is 1.57. The van der Waals surface area contributed by atoms with Gasteiger partial charge in [0.25, 0.3) is 0 Å². The van der Waals surface area contributed by atoms with Gasteiger partial charge in [0.05, 0.1) is 18.4 Å². The second kappa shape index (κ2) is 10.5. The summed E-state index contributed by atoms with van der Waals surface area (Å²) in [5, 5.41) is 12.2. The predicted molar refractivity (Wildman–Crippen MR) is 121 cm³/mol. The Bertz CT molecular complexity index is 1080. The molecule has 0 fully saturated rings. The van der Waals surface area contributed by atoms with Crippen molar-refractivity contribution in [1.29, 1.82) is 0 Å². The zero-order chi connectivity index (χ0) is 22.4. The Labute approximate surface area is 189 Å². The SMILES string of the molecule is CCc1cc(C(=O)OC)c(NC(=O)CSc2nnc(COc3cccc(C)c3)n2C)s1. The van der Waals surface area contributed by atoms with E-state index < -0.39 is 5.97 Å². The van der Waals surface area contributed by atoms with Crippen molar-refractivity contribution in [2.24, 2.45) is 7.05 Å². The molecular formula is C21H24N4O4S2. The second-order valence-electron chi connectivity index (χ2n) is 6.70. The number of methoxy groups -OCH3 is 1. The van der Waals surface area contributed by atoms with Crippen molar-refractivity contribution < 1.29 is 19.1 Å². The van der Waals surface area contributed by atoms with Gasteiger partial charge in [0.2, 0.25) is 5.91 Å². The molecule has 0 atom stereocenters. The maximum absolute atomic E-state index is 12.4. The molecule has 1 aromatic carbocycles. The van der Waals surface area contributed by atoms with Crippen LogP contribution in [-0.4, -0.2) is 39.5 Å². The average molecular weight is 461 g/mol. The average Bonchev–Trinajstić information content (AvgIpc) is 3.33. The molecule has 2 aromatic heterocycles. The van der Waals surface area contributed by atoms with Gasteiger partial charge >= 0.3 is 5.97 Å². The molecule has 31 heavy (non-hydrogen) atoms. The van der Waals surface area contributed by atoms with Crippen LogP contribution >= 0.6 is 23.1 Å². The Kier molecular flexibility index (Phi) is 7.69. The third-order valence-electron chi connectivity index (χ3n) is 4.40. The Hall–Kier alpha value is -2.85. The summed E-state index contributed by atoms with van der Waals surface area (Å²) in [4.78, 5) is 25.4. The van der Waals surface area contributed by atoms with Crippen molar-refractivity contribution >= 4 is 40.0 Å². The van der Waals surface area contributed by atoms with Crippen LogP contribution in [0.2, 0.25) is 0 Å². The van der Waals surface area contributed by atoms with Gasteiger partial charge in [-0.15, -0.1) is 21.5 Å². The van der Waals surface area contributed by atoms with E-state index in [4.69, 9.17) is 9.47 Å². The molecule has 3 aromatic rings. The molecule has 10 heteroatoms. The van der Waals surface area contributed by atoms with E-state index in [0.29, 0.717) is 21.5 Å². The number of thiophene rings is 1. The maximum Gasteiger partial charge on any atom is 0.340 e. The van der Waals surface area contributed by atoms with E-state index in [1.165, 1.54) is 30.2 Å². The summed E-state index contributed by atoms with van der Waals surface area (Å²) in [5.41, 5.74) is 1.49. The van der Waals surface area contributed by atoms with Gasteiger partial charge < -0.3 is 19.4 Å². The number of anilines is 1. The van der Waals surface area contributed by atoms with Gasteiger partial charge in [-0.1, -0.05) is 30.8 Å². The molecule has 0 aliphatic carbocycles. The van der Waals surface area contributed by atoms with Crippen LogP contribution in [0.5, 0.6) is 5.75 Å². The van der Waals surface area contributed by atoms with Crippen molar-refractivity contribution in [3.63, 3.8) is 0 Å². The Morgan fingerprint density at radius 1 is 1.26 bits per heavy atom. The first-order valence-corrected chi connectivity index (χ1v) is 11.4. The standard InChI is InChI=1S/C21H24N4O4S2/c1-5-15-10-16(20(27)28-4)19(31-15)22-18(26)12-30-21-24-23-17(25(21)3)11-29-14-8-6-7-13(2)9-14/h6-10H,5,11-12H2,1-4H3,(H,22,26). The minimum atomic E-state index is -0.467. The highest BCUT2D eigenvalue weighted by Gasteiger charge is 2.19. The molecule has 1 amide bonds. The highest BCUT2D eigenvalue weighted by molar-refractivity contribution is 7.99. The lowest BCUT2D eigenvalue weighted by molar-refractivity contribution is -0.113. The van der Waals surface area contributed by atoms with Gasteiger partial charge in [0.1, 0.15) is 17.4 Å². The zero-order valence-electron chi connectivity index (χ0n) is 17.8. The van der Waals surface area contributed by atoms with Crippen LogP contribution in [0.4, 0.5) is 5.00 Å². The number of benzene rings is 1. The molecule has 0 unspecified atom stereocenters. The summed E-state index contributed by atoms with van der Waals surface area (Å²) in [5.74, 6) is 0.847. The number of nitrogens with one attached hydrogen (secondary N) is 1. The third-order valence-corrected chi connectivity index (χ3v) is 6.62. The molecule has 0 radical (unpaired) electrons. The van der Waals surface area contributed by atoms with Crippen LogP contribution < -0.4 is 10.1 Å². The number of carbonyl (C=O) groups is 2. The number of hydrogen-bond donors (Lipinski definition) is 1. The Morgan fingerprint density at radius 2 is 2.06 bits per heavy atom. The molecule has 1 N–H and O–H groups in total. The van der Waals surface area contributed by atoms with Crippen LogP contribution in [0.25, 0.3) is 0 Å². The van der Waals surface area contributed by atoms with Gasteiger partial charge in [-0.3, -0.25) is 4.79 Å². The molecule has 0 aliphatic heterocycles. The van der Waals surface area contributed by atoms with Crippen LogP contribution in [0.3, 0.4) is 0 Å². The summed E-state index contributed by atoms with van der Waals surface area (Å²) in [6.07, 6.45) is 0.769. The fourth-order valence-corrected chi connectivity index (χ4v) is 4.44. The molecule has 164 valence electrons. The number of esters is 1. The summed E-state index contributed by atoms with van der Waals surface area (Å²) in [7, 11) is 3.15. The summed E-state index contributed by atoms with van der Waals surface area (Å²) in [6.45, 7) is 4.27. The van der Waals surface area contributed by atoms with Gasteiger partial charge in [-0.25, -0.2) is 4.79 Å². The van der Waals surface area contributed by atoms with Crippen LogP contribution in [0.1, 0.15) is 33.5 Å². The van der Waals surface area contributed by atoms with Crippen molar-refractivity contribution in [2.45, 2.75) is 32.0 Å². The smallest absolute Gasteiger partial charge is 0.340 e. The number of nitrogens with zero attached hydrogens (tertiary/aromatic N) is 3. The summed E-state index contributed by atoms with van der Waals surface area (Å²) < 4.78 is 12.4. The van der Waals surface area contributed by atoms with Gasteiger partial charge in [-0.05, 0) is 37.1 Å². The highest BCUT2D eigenvalue weighted by atomic mass is 32.2. The molecule has 2 heterocycles. The molecule has 0 spiro atoms. The molecule has 0 saturated carbocycles. The number of carbonyl (C=O) groups excluding carboxylic acids is 2. The summed E-state index contributed by atoms with van der Waals surface area (Å²) in [6, 6.07) is 9.53. The minimum absolute atomic E-state index is 0.130. The van der Waals surface area contributed by atoms with Crippen molar-refractivity contribution in [3.05, 3.63) is 52.2 Å². The minimum Gasteiger partial charge on any atom is -0.486 e. The van der Waals surface area contributed by atoms with Crippen molar-refractivity contribution in [2.75, 3.05) is 18.2 Å². The van der Waals surface area contributed by atoms with Crippen LogP contribution in [0, 0.1) is 6.92 Å². The Morgan fingerprint density at radius 3 is 2.77 bits per heavy atom. The lowest BCUT2D eigenvalue weighted by Crippen LogP contribution is -2.16. The highest BCUT2D eigenvalue weighted by Crippen LogP contribution is 2.29. The number of rotatable bonds is 9. The van der Waals surface area contributed by atoms with Crippen LogP contribution in [-0.2, 0) is 29.6 Å². The molecule has 0 bridgehead atoms. The van der Waals surface area contributed by atoms with Gasteiger partial charge in [0.15, 0.2) is 11.0 Å². The summed E-state index contributed by atoms with van der Waals surface area (Å²) >= 11 is 2.64. The number of thioether (sulfide) groups is 1. The quantitative estimate of drug-likeness (QED) is 0.383. The molecule has 8 nitrogen and oxygen atoms in total. The van der Waals surface area contributed by atoms with E-state index in [2.05, 4.69) is 15.5 Å². The van der Waals surface area contributed by atoms with E-state index in [1.807, 2.05) is 45.2 Å². The number of amides is 1. The molecule has 0 saturated heterocycles. The number of aryl methyl sites for hydroxylation is 2. The third kappa shape index (κ3) is 5.86. The first kappa shape index (κ1) is 22.8. The number of hydrogen-bond acceptors (Lipinski definition) is 8. The monoisotopic (exact) mass is 460 g/mol. The fraction of sp³-hybridized carbons (Fsp3) is 0.333. The second-order valence-corrected chi connectivity index (χ2v) is 8.78. The largest absolute Gasteiger partial charge is 0.486 e. The topological polar surface area (TPSA) is 95.3 Å². The predicted octanol–water partition coefficient (Wildman–Crippen LogP) is 3.84. The number of ether oxygens (including phenoxy) is 2. The lowest BCUT2D eigenvalue weighted by atomic mass is 10.2. The van der Waals surface area contributed by atoms with E-state index in [1.54, 1.807) is 10.6 Å². The van der Waals surface area contributed by atoms with Crippen molar-refractivity contribution in [1.82, 2.24) is 14.8 Å². The van der Waals surface area contributed by atoms with E-state index in [-0.39, 0.29) is 18.3 Å². The molecular weight excluding hydrogens is 436 g/mol. The zero-order valence-corrected chi connectivity index (χ0v) is 19.4. The molecule has 0 aliphatic rings. The van der Waals surface area contributed by atoms with Gasteiger partial charge in [0, 0.05) is 11.9 Å². The first-order chi connectivity index (χ1) is 14.9. The van der Waals surface area contributed by atoms with Crippen molar-refractivity contribution in [3.8, 4) is 5.75 Å². The van der Waals surface area contributed by atoms with E-state index in [0.717, 1.165) is 22.6 Å². The fourth-order valence-electron chi connectivity index (χ4n) is 2.71. The maximum atomic E-state index is 12.4. The van der Waals surface area contributed by atoms with E-state index in [9.17, 15) is 9.59 Å². The normalized spacial score (nSPS) is 10.7. The number of aromatic nitrogens is 3. The first-order valence-electron chi connectivity index (χ1n) is 9.62. The lowest BCUT2D eigenvalue weighted by Gasteiger charge is -2.07.